The van der Waals surface area contributed by atoms with Crippen LogP contribution in [0.5, 0.6) is 5.75 Å². The number of nitrogens with two attached hydrogens (primary N) is 1. The molecular weight excluding hydrogens is 328 g/mol. The first-order chi connectivity index (χ1) is 11.6. The van der Waals surface area contributed by atoms with Gasteiger partial charge < -0.3 is 20.5 Å². The van der Waals surface area contributed by atoms with Crippen molar-refractivity contribution < 1.29 is 14.3 Å². The molecule has 0 fully saturated rings. The van der Waals surface area contributed by atoms with Crippen molar-refractivity contribution in [3.63, 3.8) is 0 Å². The second kappa shape index (κ2) is 9.15. The second-order valence-electron chi connectivity index (χ2n) is 5.23. The normalized spacial score (nSPS) is 10.4. The fraction of sp³-hybridized carbons (Fsp3) is 0.278. The number of amides is 1. The monoisotopic (exact) mass is 348 g/mol. The number of methoxy groups -OCH3 is 1. The molecule has 2 rings (SSSR count). The van der Waals surface area contributed by atoms with Crippen LogP contribution in [0.3, 0.4) is 0 Å². The van der Waals surface area contributed by atoms with Crippen molar-refractivity contribution in [1.82, 2.24) is 0 Å². The third-order valence-electron chi connectivity index (χ3n) is 3.44. The number of carbonyl (C=O) groups is 1. The molecule has 0 aliphatic carbocycles. The van der Waals surface area contributed by atoms with Gasteiger partial charge in [0.1, 0.15) is 12.4 Å². The molecule has 128 valence electrons. The lowest BCUT2D eigenvalue weighted by Gasteiger charge is -2.10. The van der Waals surface area contributed by atoms with E-state index in [2.05, 4.69) is 5.32 Å². The summed E-state index contributed by atoms with van der Waals surface area (Å²) in [6.45, 7) is 0.901. The molecule has 0 aliphatic rings. The van der Waals surface area contributed by atoms with Gasteiger partial charge in [-0.1, -0.05) is 29.8 Å². The summed E-state index contributed by atoms with van der Waals surface area (Å²) in [5, 5.41) is 3.26. The number of para-hydroxylation sites is 1. The van der Waals surface area contributed by atoms with Gasteiger partial charge in [-0.2, -0.15) is 0 Å². The van der Waals surface area contributed by atoms with Crippen LogP contribution in [0.1, 0.15) is 12.0 Å². The zero-order valence-electron chi connectivity index (χ0n) is 13.5. The molecule has 5 nitrogen and oxygen atoms in total. The fourth-order valence-corrected chi connectivity index (χ4v) is 2.40. The van der Waals surface area contributed by atoms with Crippen molar-refractivity contribution in [1.29, 1.82) is 0 Å². The Bertz CT molecular complexity index is 692. The van der Waals surface area contributed by atoms with Crippen LogP contribution in [-0.2, 0) is 16.0 Å². The first kappa shape index (κ1) is 18.1. The highest BCUT2D eigenvalue weighted by Gasteiger charge is 2.08. The minimum absolute atomic E-state index is 0.0950. The molecule has 0 aromatic heterocycles. The summed E-state index contributed by atoms with van der Waals surface area (Å²) in [5.41, 5.74) is 8.17. The Hall–Kier alpha value is -2.24. The molecule has 2 aromatic carbocycles. The number of hydrogen-bond acceptors (Lipinski definition) is 4. The van der Waals surface area contributed by atoms with Gasteiger partial charge in [-0.25, -0.2) is 0 Å². The van der Waals surface area contributed by atoms with Crippen LogP contribution >= 0.6 is 11.6 Å². The zero-order valence-corrected chi connectivity index (χ0v) is 14.3. The molecule has 0 atom stereocenters. The SMILES string of the molecule is COCCOc1ccc(NC(=O)CCc2ccccc2N)cc1Cl. The maximum atomic E-state index is 12.1. The maximum Gasteiger partial charge on any atom is 0.224 e. The molecule has 2 aromatic rings. The number of nitrogens with one attached hydrogen (secondary N) is 1. The molecule has 24 heavy (non-hydrogen) atoms. The average molecular weight is 349 g/mol. The van der Waals surface area contributed by atoms with Crippen molar-refractivity contribution in [2.45, 2.75) is 12.8 Å². The van der Waals surface area contributed by atoms with Crippen LogP contribution in [0, 0.1) is 0 Å². The molecule has 0 saturated carbocycles. The Morgan fingerprint density at radius 3 is 2.71 bits per heavy atom. The third kappa shape index (κ3) is 5.44. The van der Waals surface area contributed by atoms with Crippen LogP contribution in [-0.4, -0.2) is 26.2 Å². The first-order valence-corrected chi connectivity index (χ1v) is 8.02. The van der Waals surface area contributed by atoms with Gasteiger partial charge in [0, 0.05) is 24.9 Å². The smallest absolute Gasteiger partial charge is 0.224 e. The van der Waals surface area contributed by atoms with Crippen LogP contribution < -0.4 is 15.8 Å². The predicted octanol–water partition coefficient (Wildman–Crippen LogP) is 3.52. The van der Waals surface area contributed by atoms with Gasteiger partial charge in [-0.05, 0) is 36.2 Å². The summed E-state index contributed by atoms with van der Waals surface area (Å²) in [7, 11) is 1.60. The van der Waals surface area contributed by atoms with E-state index in [-0.39, 0.29) is 5.91 Å². The van der Waals surface area contributed by atoms with Gasteiger partial charge in [-0.3, -0.25) is 4.79 Å². The van der Waals surface area contributed by atoms with E-state index < -0.39 is 0 Å². The number of carbonyl (C=O) groups excluding carboxylic acids is 1. The Morgan fingerprint density at radius 1 is 1.21 bits per heavy atom. The van der Waals surface area contributed by atoms with E-state index >= 15 is 0 Å². The van der Waals surface area contributed by atoms with Crippen molar-refractivity contribution in [3.8, 4) is 5.75 Å². The lowest BCUT2D eigenvalue weighted by molar-refractivity contribution is -0.116. The largest absolute Gasteiger partial charge is 0.490 e. The van der Waals surface area contributed by atoms with Crippen molar-refractivity contribution in [2.24, 2.45) is 0 Å². The van der Waals surface area contributed by atoms with Crippen molar-refractivity contribution >= 4 is 28.9 Å². The number of rotatable bonds is 8. The average Bonchev–Trinajstić information content (AvgIpc) is 2.56. The standard InChI is InChI=1S/C18H21ClN2O3/c1-23-10-11-24-17-8-7-14(12-15(17)19)21-18(22)9-6-13-4-2-3-5-16(13)20/h2-5,7-8,12H,6,9-11,20H2,1H3,(H,21,22). The third-order valence-corrected chi connectivity index (χ3v) is 3.73. The lowest BCUT2D eigenvalue weighted by atomic mass is 10.1. The van der Waals surface area contributed by atoms with Crippen LogP contribution in [0.15, 0.2) is 42.5 Å². The van der Waals surface area contributed by atoms with Crippen LogP contribution in [0.4, 0.5) is 11.4 Å². The topological polar surface area (TPSA) is 73.6 Å². The number of nitrogen functional groups attached to an aromatic ring is 1. The van der Waals surface area contributed by atoms with E-state index in [1.165, 1.54) is 0 Å². The number of anilines is 2. The van der Waals surface area contributed by atoms with Gasteiger partial charge in [0.25, 0.3) is 0 Å². The Labute approximate surface area is 146 Å². The molecule has 0 spiro atoms. The molecule has 6 heteroatoms. The van der Waals surface area contributed by atoms with Crippen LogP contribution in [0.25, 0.3) is 0 Å². The van der Waals surface area contributed by atoms with Gasteiger partial charge >= 0.3 is 0 Å². The van der Waals surface area contributed by atoms with Gasteiger partial charge in [-0.15, -0.1) is 0 Å². The molecule has 0 radical (unpaired) electrons. The molecule has 1 amide bonds. The Balaban J connectivity index is 1.87. The van der Waals surface area contributed by atoms with Gasteiger partial charge in [0.05, 0.1) is 11.6 Å². The van der Waals surface area contributed by atoms with E-state index in [9.17, 15) is 4.79 Å². The Kier molecular flexibility index (Phi) is 6.90. The fourth-order valence-electron chi connectivity index (χ4n) is 2.16. The number of aryl methyl sites for hydroxylation is 1. The number of hydrogen-bond donors (Lipinski definition) is 2. The van der Waals surface area contributed by atoms with E-state index in [0.29, 0.717) is 48.2 Å². The van der Waals surface area contributed by atoms with E-state index in [4.69, 9.17) is 26.8 Å². The lowest BCUT2D eigenvalue weighted by Crippen LogP contribution is -2.13. The summed E-state index contributed by atoms with van der Waals surface area (Å²) < 4.78 is 10.4. The summed E-state index contributed by atoms with van der Waals surface area (Å²) in [4.78, 5) is 12.1. The van der Waals surface area contributed by atoms with E-state index in [1.807, 2.05) is 24.3 Å². The van der Waals surface area contributed by atoms with Gasteiger partial charge in [0.15, 0.2) is 0 Å². The minimum Gasteiger partial charge on any atom is -0.490 e. The number of halogens is 1. The zero-order chi connectivity index (χ0) is 17.4. The minimum atomic E-state index is -0.0950. The molecule has 0 saturated heterocycles. The van der Waals surface area contributed by atoms with E-state index in [0.717, 1.165) is 5.56 Å². The summed E-state index contributed by atoms with van der Waals surface area (Å²) in [6, 6.07) is 12.7. The van der Waals surface area contributed by atoms with E-state index in [1.54, 1.807) is 25.3 Å². The maximum absolute atomic E-state index is 12.1. The first-order valence-electron chi connectivity index (χ1n) is 7.64. The molecule has 0 heterocycles. The number of ether oxygens (including phenoxy) is 2. The van der Waals surface area contributed by atoms with Crippen molar-refractivity contribution in [2.75, 3.05) is 31.4 Å². The molecule has 3 N–H and O–H groups in total. The number of benzene rings is 2. The Morgan fingerprint density at radius 2 is 2.00 bits per heavy atom. The quantitative estimate of drug-likeness (QED) is 0.565. The molecule has 0 aliphatic heterocycles. The summed E-state index contributed by atoms with van der Waals surface area (Å²) in [6.07, 6.45) is 0.933. The second-order valence-corrected chi connectivity index (χ2v) is 5.64. The summed E-state index contributed by atoms with van der Waals surface area (Å²) >= 11 is 6.15. The predicted molar refractivity (Wildman–Crippen MR) is 96.6 cm³/mol. The molecule has 0 bridgehead atoms. The highest BCUT2D eigenvalue weighted by atomic mass is 35.5. The molecular formula is C18H21ClN2O3. The highest BCUT2D eigenvalue weighted by Crippen LogP contribution is 2.27. The van der Waals surface area contributed by atoms with Crippen LogP contribution in [0.2, 0.25) is 5.02 Å². The van der Waals surface area contributed by atoms with Crippen molar-refractivity contribution in [3.05, 3.63) is 53.1 Å². The molecule has 0 unspecified atom stereocenters. The van der Waals surface area contributed by atoms with Gasteiger partial charge in [0.2, 0.25) is 5.91 Å². The summed E-state index contributed by atoms with van der Waals surface area (Å²) in [5.74, 6) is 0.464. The highest BCUT2D eigenvalue weighted by molar-refractivity contribution is 6.32.